The first-order valence-electron chi connectivity index (χ1n) is 13.9. The molecule has 200 valence electrons. The minimum Gasteiger partial charge on any atom is -0.356 e. The van der Waals surface area contributed by atoms with E-state index in [1.807, 2.05) is 41.3 Å². The molecule has 3 rings (SSSR count). The third-order valence-corrected chi connectivity index (χ3v) is 6.43. The zero-order valence-electron chi connectivity index (χ0n) is 23.1. The van der Waals surface area contributed by atoms with E-state index in [-0.39, 0.29) is 11.8 Å². The summed E-state index contributed by atoms with van der Waals surface area (Å²) < 4.78 is 2.11. The molecule has 2 aromatic carbocycles. The van der Waals surface area contributed by atoms with Crippen LogP contribution in [0.3, 0.4) is 0 Å². The van der Waals surface area contributed by atoms with Gasteiger partial charge in [0.2, 0.25) is 11.8 Å². The maximum atomic E-state index is 13.3. The topological polar surface area (TPSA) is 67.2 Å². The van der Waals surface area contributed by atoms with Crippen molar-refractivity contribution in [1.82, 2.24) is 19.8 Å². The van der Waals surface area contributed by atoms with E-state index in [0.717, 1.165) is 62.1 Å². The van der Waals surface area contributed by atoms with Crippen LogP contribution in [0.5, 0.6) is 0 Å². The van der Waals surface area contributed by atoms with E-state index >= 15 is 0 Å². The molecule has 0 fully saturated rings. The molecule has 0 aliphatic carbocycles. The van der Waals surface area contributed by atoms with Crippen LogP contribution in [0.2, 0.25) is 0 Å². The quantitative estimate of drug-likeness (QED) is 0.272. The highest BCUT2D eigenvalue weighted by Gasteiger charge is 2.20. The van der Waals surface area contributed by atoms with Gasteiger partial charge in [-0.1, -0.05) is 76.6 Å². The molecule has 1 aromatic heterocycles. The fraction of sp³-hybridized carbons (Fsp3) is 0.516. The number of fused-ring (bicyclic) bond motifs is 1. The summed E-state index contributed by atoms with van der Waals surface area (Å²) in [5, 5.41) is 3.04. The average molecular weight is 505 g/mol. The number of nitrogens with one attached hydrogen (secondary N) is 1. The summed E-state index contributed by atoms with van der Waals surface area (Å²) in [6, 6.07) is 18.2. The normalized spacial score (nSPS) is 11.4. The van der Waals surface area contributed by atoms with Crippen LogP contribution >= 0.6 is 0 Å². The smallest absolute Gasteiger partial charge is 0.242 e. The van der Waals surface area contributed by atoms with Crippen molar-refractivity contribution in [3.63, 3.8) is 0 Å². The fourth-order valence-electron chi connectivity index (χ4n) is 4.69. The lowest BCUT2D eigenvalue weighted by Crippen LogP contribution is -2.39. The maximum Gasteiger partial charge on any atom is 0.242 e. The molecule has 1 heterocycles. The zero-order chi connectivity index (χ0) is 26.6. The molecule has 0 aliphatic rings. The van der Waals surface area contributed by atoms with Gasteiger partial charge in [-0.25, -0.2) is 4.98 Å². The standard InChI is InChI=1S/C31H44N4O2/c1-24(2)21-34(22-25(3)4)31(37)23-35-28-16-11-10-15-27(28)33-29(35)17-9-6-12-20-32-30(36)19-18-26-13-7-5-8-14-26/h5,7-8,10-11,13-16,24-25H,6,9,12,17-23H2,1-4H3,(H,32,36). The molecule has 0 radical (unpaired) electrons. The monoisotopic (exact) mass is 504 g/mol. The van der Waals surface area contributed by atoms with Gasteiger partial charge in [-0.15, -0.1) is 0 Å². The van der Waals surface area contributed by atoms with Gasteiger partial charge in [0.05, 0.1) is 11.0 Å². The molecule has 6 nitrogen and oxygen atoms in total. The number of unbranched alkanes of at least 4 members (excludes halogenated alkanes) is 2. The SMILES string of the molecule is CC(C)CN(CC(C)C)C(=O)Cn1c(CCCCCNC(=O)CCc2ccccc2)nc2ccccc21. The number of imidazole rings is 1. The molecule has 0 aliphatic heterocycles. The van der Waals surface area contributed by atoms with Gasteiger partial charge in [0.1, 0.15) is 12.4 Å². The Morgan fingerprint density at radius 3 is 2.24 bits per heavy atom. The Balaban J connectivity index is 1.50. The van der Waals surface area contributed by atoms with Crippen LogP contribution in [0.15, 0.2) is 54.6 Å². The second-order valence-electron chi connectivity index (χ2n) is 10.8. The molecule has 1 N–H and O–H groups in total. The van der Waals surface area contributed by atoms with Crippen molar-refractivity contribution in [3.8, 4) is 0 Å². The van der Waals surface area contributed by atoms with Gasteiger partial charge in [0, 0.05) is 32.5 Å². The van der Waals surface area contributed by atoms with Crippen molar-refractivity contribution in [2.75, 3.05) is 19.6 Å². The lowest BCUT2D eigenvalue weighted by molar-refractivity contribution is -0.133. The predicted molar refractivity (Wildman–Crippen MR) is 151 cm³/mol. The maximum absolute atomic E-state index is 13.3. The van der Waals surface area contributed by atoms with E-state index in [4.69, 9.17) is 4.98 Å². The third-order valence-electron chi connectivity index (χ3n) is 6.43. The van der Waals surface area contributed by atoms with E-state index in [1.54, 1.807) is 0 Å². The first-order valence-corrected chi connectivity index (χ1v) is 13.9. The Bertz CT molecular complexity index is 1110. The number of hydrogen-bond donors (Lipinski definition) is 1. The van der Waals surface area contributed by atoms with Crippen molar-refractivity contribution in [2.45, 2.75) is 72.8 Å². The predicted octanol–water partition coefficient (Wildman–Crippen LogP) is 5.64. The molecule has 0 bridgehead atoms. The van der Waals surface area contributed by atoms with Gasteiger partial charge < -0.3 is 14.8 Å². The van der Waals surface area contributed by atoms with E-state index in [1.165, 1.54) is 5.56 Å². The van der Waals surface area contributed by atoms with Gasteiger partial charge >= 0.3 is 0 Å². The summed E-state index contributed by atoms with van der Waals surface area (Å²) in [6.45, 7) is 11.2. The van der Waals surface area contributed by atoms with Crippen LogP contribution in [0.25, 0.3) is 11.0 Å². The van der Waals surface area contributed by atoms with E-state index in [0.29, 0.717) is 31.3 Å². The summed E-state index contributed by atoms with van der Waals surface area (Å²) in [6.07, 6.45) is 5.02. The lowest BCUT2D eigenvalue weighted by Gasteiger charge is -2.27. The van der Waals surface area contributed by atoms with E-state index in [9.17, 15) is 9.59 Å². The van der Waals surface area contributed by atoms with Crippen LogP contribution in [0.1, 0.15) is 64.8 Å². The van der Waals surface area contributed by atoms with Crippen molar-refractivity contribution >= 4 is 22.8 Å². The molecular formula is C31H44N4O2. The average Bonchev–Trinajstić information content (AvgIpc) is 3.21. The van der Waals surface area contributed by atoms with Crippen molar-refractivity contribution in [1.29, 1.82) is 0 Å². The van der Waals surface area contributed by atoms with Crippen LogP contribution < -0.4 is 5.32 Å². The molecule has 3 aromatic rings. The number of aromatic nitrogens is 2. The molecule has 2 amide bonds. The summed E-state index contributed by atoms with van der Waals surface area (Å²) in [5.74, 6) is 2.10. The number of carbonyl (C=O) groups excluding carboxylic acids is 2. The minimum atomic E-state index is 0.108. The highest BCUT2D eigenvalue weighted by atomic mass is 16.2. The van der Waals surface area contributed by atoms with Crippen LogP contribution in [-0.4, -0.2) is 45.9 Å². The summed E-state index contributed by atoms with van der Waals surface area (Å²) in [5.41, 5.74) is 3.15. The molecular weight excluding hydrogens is 460 g/mol. The van der Waals surface area contributed by atoms with E-state index < -0.39 is 0 Å². The minimum absolute atomic E-state index is 0.108. The third kappa shape index (κ3) is 9.34. The van der Waals surface area contributed by atoms with Crippen LogP contribution in [-0.2, 0) is 29.0 Å². The Labute approximate surface area is 222 Å². The van der Waals surface area contributed by atoms with Gasteiger partial charge in [0.15, 0.2) is 0 Å². The van der Waals surface area contributed by atoms with Crippen molar-refractivity contribution in [2.24, 2.45) is 11.8 Å². The Morgan fingerprint density at radius 1 is 0.865 bits per heavy atom. The van der Waals surface area contributed by atoms with Gasteiger partial charge in [-0.3, -0.25) is 9.59 Å². The number of aryl methyl sites for hydroxylation is 2. The number of rotatable bonds is 15. The largest absolute Gasteiger partial charge is 0.356 e. The van der Waals surface area contributed by atoms with Crippen molar-refractivity contribution < 1.29 is 9.59 Å². The van der Waals surface area contributed by atoms with Crippen LogP contribution in [0, 0.1) is 11.8 Å². The number of nitrogens with zero attached hydrogens (tertiary/aromatic N) is 3. The molecule has 6 heteroatoms. The molecule has 0 atom stereocenters. The first kappa shape index (κ1) is 28.4. The zero-order valence-corrected chi connectivity index (χ0v) is 23.1. The second-order valence-corrected chi connectivity index (χ2v) is 10.8. The number of benzene rings is 2. The summed E-state index contributed by atoms with van der Waals surface area (Å²) in [7, 11) is 0. The molecule has 37 heavy (non-hydrogen) atoms. The highest BCUT2D eigenvalue weighted by Crippen LogP contribution is 2.19. The number of amides is 2. The van der Waals surface area contributed by atoms with Crippen molar-refractivity contribution in [3.05, 3.63) is 66.0 Å². The number of para-hydroxylation sites is 2. The summed E-state index contributed by atoms with van der Waals surface area (Å²) >= 11 is 0. The molecule has 0 saturated carbocycles. The lowest BCUT2D eigenvalue weighted by atomic mass is 10.1. The molecule has 0 unspecified atom stereocenters. The Hall–Kier alpha value is -3.15. The molecule has 0 spiro atoms. The first-order chi connectivity index (χ1) is 17.8. The fourth-order valence-corrected chi connectivity index (χ4v) is 4.69. The van der Waals surface area contributed by atoms with Gasteiger partial charge in [-0.05, 0) is 48.8 Å². The summed E-state index contributed by atoms with van der Waals surface area (Å²) in [4.78, 5) is 32.4. The second kappa shape index (κ2) is 14.6. The van der Waals surface area contributed by atoms with E-state index in [2.05, 4.69) is 55.8 Å². The molecule has 0 saturated heterocycles. The highest BCUT2D eigenvalue weighted by molar-refractivity contribution is 5.81. The van der Waals surface area contributed by atoms with Crippen LogP contribution in [0.4, 0.5) is 0 Å². The van der Waals surface area contributed by atoms with Gasteiger partial charge in [0.25, 0.3) is 0 Å². The number of hydrogen-bond acceptors (Lipinski definition) is 3. The number of carbonyl (C=O) groups is 2. The van der Waals surface area contributed by atoms with Gasteiger partial charge in [-0.2, -0.15) is 0 Å². The Morgan fingerprint density at radius 2 is 1.54 bits per heavy atom. The Kier molecular flexibility index (Phi) is 11.2.